The molecule has 2 aromatic rings. The Morgan fingerprint density at radius 2 is 1.30 bits per heavy atom. The number of benzene rings is 2. The van der Waals surface area contributed by atoms with E-state index in [1.165, 1.54) is 22.3 Å². The van der Waals surface area contributed by atoms with E-state index in [9.17, 15) is 5.11 Å². The van der Waals surface area contributed by atoms with Gasteiger partial charge in [0.05, 0.1) is 7.11 Å². The van der Waals surface area contributed by atoms with Crippen LogP contribution in [-0.4, -0.2) is 12.2 Å². The van der Waals surface area contributed by atoms with Crippen LogP contribution in [0.25, 0.3) is 11.1 Å². The maximum atomic E-state index is 10.6. The van der Waals surface area contributed by atoms with E-state index in [0.29, 0.717) is 5.75 Å². The average Bonchev–Trinajstić information content (AvgIpc) is 2.61. The lowest BCUT2D eigenvalue weighted by atomic mass is 9.83. The van der Waals surface area contributed by atoms with E-state index in [1.807, 2.05) is 18.2 Å². The van der Waals surface area contributed by atoms with Crippen molar-refractivity contribution in [3.05, 3.63) is 70.8 Å². The first-order valence-electron chi connectivity index (χ1n) is 8.12. The van der Waals surface area contributed by atoms with Crippen LogP contribution in [0, 0.1) is 0 Å². The minimum absolute atomic E-state index is 0.348. The maximum Gasteiger partial charge on any atom is 0.127 e. The van der Waals surface area contributed by atoms with Gasteiger partial charge in [-0.15, -0.1) is 0 Å². The van der Waals surface area contributed by atoms with E-state index >= 15 is 0 Å². The van der Waals surface area contributed by atoms with E-state index in [2.05, 4.69) is 30.4 Å². The molecule has 0 saturated heterocycles. The fourth-order valence-corrected chi connectivity index (χ4v) is 3.74. The molecule has 0 spiro atoms. The van der Waals surface area contributed by atoms with Crippen LogP contribution in [0.15, 0.2) is 48.6 Å². The van der Waals surface area contributed by atoms with Crippen molar-refractivity contribution in [2.24, 2.45) is 0 Å². The van der Waals surface area contributed by atoms with E-state index in [0.717, 1.165) is 42.6 Å². The van der Waals surface area contributed by atoms with Gasteiger partial charge in [0, 0.05) is 11.1 Å². The molecule has 0 unspecified atom stereocenters. The highest BCUT2D eigenvalue weighted by molar-refractivity contribution is 5.84. The molecule has 0 atom stereocenters. The number of fused-ring (bicyclic) bond motifs is 2. The summed E-state index contributed by atoms with van der Waals surface area (Å²) in [4.78, 5) is 0. The molecule has 0 bridgehead atoms. The van der Waals surface area contributed by atoms with Gasteiger partial charge in [0.1, 0.15) is 11.5 Å². The van der Waals surface area contributed by atoms with E-state index in [-0.39, 0.29) is 0 Å². The summed E-state index contributed by atoms with van der Waals surface area (Å²) in [5, 5.41) is 10.6. The smallest absolute Gasteiger partial charge is 0.127 e. The van der Waals surface area contributed by atoms with Gasteiger partial charge in [-0.3, -0.25) is 0 Å². The summed E-state index contributed by atoms with van der Waals surface area (Å²) in [6.45, 7) is 0. The van der Waals surface area contributed by atoms with Crippen LogP contribution >= 0.6 is 0 Å². The number of methoxy groups -OCH3 is 1. The lowest BCUT2D eigenvalue weighted by molar-refractivity contribution is 0.415. The standard InChI is InChI=1S/C21H20O2/c1-23-19-13-11-15-7-3-5-9-17(15)21(19)20-16-8-4-2-6-14(16)10-12-18(20)22/h2-5,10-13,22H,6-9H2,1H3. The third-order valence-electron chi connectivity index (χ3n) is 4.88. The van der Waals surface area contributed by atoms with Gasteiger partial charge in [0.2, 0.25) is 0 Å². The maximum absolute atomic E-state index is 10.6. The van der Waals surface area contributed by atoms with Crippen molar-refractivity contribution >= 4 is 0 Å². The molecule has 2 aromatic carbocycles. The third kappa shape index (κ3) is 2.26. The molecule has 0 aliphatic heterocycles. The van der Waals surface area contributed by atoms with Gasteiger partial charge < -0.3 is 9.84 Å². The van der Waals surface area contributed by atoms with Gasteiger partial charge in [-0.25, -0.2) is 0 Å². The molecule has 116 valence electrons. The highest BCUT2D eigenvalue weighted by Crippen LogP contribution is 2.45. The Kier molecular flexibility index (Phi) is 3.45. The summed E-state index contributed by atoms with van der Waals surface area (Å²) >= 11 is 0. The number of aromatic hydroxyl groups is 1. The molecule has 0 aromatic heterocycles. The monoisotopic (exact) mass is 304 g/mol. The number of hydrogen-bond acceptors (Lipinski definition) is 2. The number of ether oxygens (including phenoxy) is 1. The Labute approximate surface area is 136 Å². The Hall–Kier alpha value is -2.48. The second kappa shape index (κ2) is 5.62. The molecular formula is C21H20O2. The van der Waals surface area contributed by atoms with Crippen molar-refractivity contribution in [2.45, 2.75) is 25.7 Å². The van der Waals surface area contributed by atoms with Crippen molar-refractivity contribution in [3.63, 3.8) is 0 Å². The van der Waals surface area contributed by atoms with Gasteiger partial charge in [0.25, 0.3) is 0 Å². The normalized spacial score (nSPS) is 15.2. The van der Waals surface area contributed by atoms with Crippen molar-refractivity contribution in [1.82, 2.24) is 0 Å². The number of allylic oxidation sites excluding steroid dienone is 4. The lowest BCUT2D eigenvalue weighted by Gasteiger charge is -2.24. The molecule has 0 saturated carbocycles. The Morgan fingerprint density at radius 3 is 1.96 bits per heavy atom. The van der Waals surface area contributed by atoms with Gasteiger partial charge in [-0.2, -0.15) is 0 Å². The van der Waals surface area contributed by atoms with Gasteiger partial charge in [-0.05, 0) is 60.1 Å². The number of hydrogen-bond donors (Lipinski definition) is 1. The van der Waals surface area contributed by atoms with Gasteiger partial charge >= 0.3 is 0 Å². The molecule has 1 N–H and O–H groups in total. The first-order valence-corrected chi connectivity index (χ1v) is 8.12. The molecule has 0 fully saturated rings. The molecule has 2 heteroatoms. The molecule has 2 nitrogen and oxygen atoms in total. The van der Waals surface area contributed by atoms with Crippen molar-refractivity contribution in [1.29, 1.82) is 0 Å². The third-order valence-corrected chi connectivity index (χ3v) is 4.88. The Morgan fingerprint density at radius 1 is 0.739 bits per heavy atom. The second-order valence-corrected chi connectivity index (χ2v) is 6.14. The van der Waals surface area contributed by atoms with Crippen LogP contribution in [-0.2, 0) is 25.7 Å². The number of rotatable bonds is 2. The first-order chi connectivity index (χ1) is 11.3. The zero-order chi connectivity index (χ0) is 15.8. The zero-order valence-corrected chi connectivity index (χ0v) is 13.3. The van der Waals surface area contributed by atoms with E-state index in [4.69, 9.17) is 4.74 Å². The fourth-order valence-electron chi connectivity index (χ4n) is 3.74. The van der Waals surface area contributed by atoms with Crippen LogP contribution in [0.4, 0.5) is 0 Å². The molecule has 0 amide bonds. The highest BCUT2D eigenvalue weighted by Gasteiger charge is 2.23. The van der Waals surface area contributed by atoms with E-state index in [1.54, 1.807) is 7.11 Å². The average molecular weight is 304 g/mol. The summed E-state index contributed by atoms with van der Waals surface area (Å²) < 4.78 is 5.66. The van der Waals surface area contributed by atoms with Gasteiger partial charge in [0.15, 0.2) is 0 Å². The molecule has 2 aliphatic carbocycles. The summed E-state index contributed by atoms with van der Waals surface area (Å²) in [5.41, 5.74) is 7.16. The van der Waals surface area contributed by atoms with Crippen LogP contribution in [0.1, 0.15) is 22.3 Å². The second-order valence-electron chi connectivity index (χ2n) is 6.14. The molecular weight excluding hydrogens is 284 g/mol. The quantitative estimate of drug-likeness (QED) is 0.834. The van der Waals surface area contributed by atoms with Crippen molar-refractivity contribution < 1.29 is 9.84 Å². The fraction of sp³-hybridized carbons (Fsp3) is 0.238. The summed E-state index contributed by atoms with van der Waals surface area (Å²) in [6.07, 6.45) is 12.4. The topological polar surface area (TPSA) is 29.5 Å². The zero-order valence-electron chi connectivity index (χ0n) is 13.3. The molecule has 0 heterocycles. The SMILES string of the molecule is COc1ccc2c(c1-c1c(O)ccc3c1CC=CC3)CC=CC2. The Bertz CT molecular complexity index is 828. The van der Waals surface area contributed by atoms with E-state index < -0.39 is 0 Å². The highest BCUT2D eigenvalue weighted by atomic mass is 16.5. The van der Waals surface area contributed by atoms with Gasteiger partial charge in [-0.1, -0.05) is 36.4 Å². The molecule has 0 radical (unpaired) electrons. The molecule has 2 aliphatic rings. The van der Waals surface area contributed by atoms with Crippen molar-refractivity contribution in [2.75, 3.05) is 7.11 Å². The summed E-state index contributed by atoms with van der Waals surface area (Å²) in [5.74, 6) is 1.19. The minimum atomic E-state index is 0.348. The van der Waals surface area contributed by atoms with Crippen LogP contribution in [0.3, 0.4) is 0 Å². The molecule has 4 rings (SSSR count). The Balaban J connectivity index is 2.03. The predicted molar refractivity (Wildman–Crippen MR) is 93.2 cm³/mol. The number of phenols is 1. The number of phenolic OH excluding ortho intramolecular Hbond substituents is 1. The van der Waals surface area contributed by atoms with Crippen LogP contribution in [0.2, 0.25) is 0 Å². The summed E-state index contributed by atoms with van der Waals surface area (Å²) in [7, 11) is 1.70. The first kappa shape index (κ1) is 14.1. The largest absolute Gasteiger partial charge is 0.507 e. The van der Waals surface area contributed by atoms with Crippen LogP contribution in [0.5, 0.6) is 11.5 Å². The summed E-state index contributed by atoms with van der Waals surface area (Å²) in [6, 6.07) is 8.04. The van der Waals surface area contributed by atoms with Crippen molar-refractivity contribution in [3.8, 4) is 22.6 Å². The molecule has 23 heavy (non-hydrogen) atoms. The lowest BCUT2D eigenvalue weighted by Crippen LogP contribution is -2.06. The predicted octanol–water partition coefficient (Wildman–Crippen LogP) is 4.38. The van der Waals surface area contributed by atoms with Crippen LogP contribution < -0.4 is 4.74 Å². The minimum Gasteiger partial charge on any atom is -0.507 e.